The summed E-state index contributed by atoms with van der Waals surface area (Å²) in [7, 11) is 2.16. The molecule has 0 spiro atoms. The minimum absolute atomic E-state index is 0.813. The second-order valence-corrected chi connectivity index (χ2v) is 8.56. The van der Waals surface area contributed by atoms with Crippen molar-refractivity contribution in [2.45, 2.75) is 13.8 Å². The fraction of sp³-hybridized carbons (Fsp3) is 0.545. The largest absolute Gasteiger partial charge is 0.354 e. The van der Waals surface area contributed by atoms with E-state index in [0.29, 0.717) is 0 Å². The number of hydrogen-bond acceptors (Lipinski definition) is 5. The lowest BCUT2D eigenvalue weighted by molar-refractivity contribution is 0.217. The molecule has 0 saturated carbocycles. The maximum Gasteiger partial charge on any atom is 0.173 e. The Balaban J connectivity index is 1.48. The molecule has 0 unspecified atom stereocenters. The normalized spacial score (nSPS) is 19.0. The van der Waals surface area contributed by atoms with Crippen LogP contribution in [0.3, 0.4) is 0 Å². The topological polar surface area (TPSA) is 37.9 Å². The first kappa shape index (κ1) is 20.3. The van der Waals surface area contributed by atoms with Crippen molar-refractivity contribution in [3.8, 4) is 0 Å². The molecular weight excluding hydrogens is 380 g/mol. The number of hydrogen-bond donors (Lipinski definition) is 1. The summed E-state index contributed by atoms with van der Waals surface area (Å²) >= 11 is 5.65. The van der Waals surface area contributed by atoms with Crippen LogP contribution >= 0.6 is 12.2 Å². The van der Waals surface area contributed by atoms with Gasteiger partial charge in [0.05, 0.1) is 5.52 Å². The van der Waals surface area contributed by atoms with Gasteiger partial charge >= 0.3 is 0 Å². The summed E-state index contributed by atoms with van der Waals surface area (Å²) < 4.78 is 0. The van der Waals surface area contributed by atoms with Crippen molar-refractivity contribution in [3.63, 3.8) is 0 Å². The Morgan fingerprint density at radius 3 is 2.45 bits per heavy atom. The third-order valence-corrected chi connectivity index (χ3v) is 6.55. The molecule has 1 aromatic carbocycles. The Labute approximate surface area is 179 Å². The Morgan fingerprint density at radius 2 is 1.76 bits per heavy atom. The summed E-state index contributed by atoms with van der Waals surface area (Å²) in [5.74, 6) is 1.10. The summed E-state index contributed by atoms with van der Waals surface area (Å²) in [4.78, 5) is 14.5. The Hall–Kier alpha value is -1.96. The van der Waals surface area contributed by atoms with E-state index in [1.165, 1.54) is 10.9 Å². The van der Waals surface area contributed by atoms with Gasteiger partial charge in [-0.05, 0) is 62.6 Å². The van der Waals surface area contributed by atoms with Crippen LogP contribution in [0.25, 0.3) is 10.9 Å². The molecular formula is C22H32N6S. The van der Waals surface area contributed by atoms with Crippen molar-refractivity contribution in [2.24, 2.45) is 0 Å². The van der Waals surface area contributed by atoms with E-state index in [-0.39, 0.29) is 0 Å². The lowest BCUT2D eigenvalue weighted by Gasteiger charge is -2.35. The number of aryl methyl sites for hydroxylation is 1. The summed E-state index contributed by atoms with van der Waals surface area (Å²) in [5.41, 5.74) is 3.35. The Morgan fingerprint density at radius 1 is 1.03 bits per heavy atom. The van der Waals surface area contributed by atoms with Gasteiger partial charge in [0.2, 0.25) is 0 Å². The van der Waals surface area contributed by atoms with Crippen molar-refractivity contribution < 1.29 is 0 Å². The molecule has 0 aliphatic carbocycles. The van der Waals surface area contributed by atoms with Crippen LogP contribution in [0.4, 0.5) is 11.5 Å². The van der Waals surface area contributed by atoms with Gasteiger partial charge in [-0.15, -0.1) is 0 Å². The SMILES string of the molecule is CCN1CCN(c2cc(C)c3cc(NC(=S)N4CCN(C)CC4)ccc3n2)CC1. The Bertz CT molecular complexity index is 869. The number of anilines is 2. The van der Waals surface area contributed by atoms with Crippen LogP contribution in [0, 0.1) is 6.92 Å². The van der Waals surface area contributed by atoms with Crippen LogP contribution in [0.15, 0.2) is 24.3 Å². The maximum absolute atomic E-state index is 5.65. The first-order valence-electron chi connectivity index (χ1n) is 10.7. The molecule has 2 aromatic rings. The number of nitrogens with zero attached hydrogens (tertiary/aromatic N) is 5. The molecule has 7 heteroatoms. The fourth-order valence-corrected chi connectivity index (χ4v) is 4.42. The monoisotopic (exact) mass is 412 g/mol. The molecule has 2 aliphatic heterocycles. The summed E-state index contributed by atoms with van der Waals surface area (Å²) in [6.45, 7) is 13.9. The number of aromatic nitrogens is 1. The first-order chi connectivity index (χ1) is 14.0. The molecule has 3 heterocycles. The predicted octanol–water partition coefficient (Wildman–Crippen LogP) is 2.63. The quantitative estimate of drug-likeness (QED) is 0.777. The molecule has 0 amide bonds. The van der Waals surface area contributed by atoms with Crippen LogP contribution in [0.1, 0.15) is 12.5 Å². The predicted molar refractivity (Wildman–Crippen MR) is 126 cm³/mol. The molecule has 6 nitrogen and oxygen atoms in total. The molecule has 0 atom stereocenters. The highest BCUT2D eigenvalue weighted by Gasteiger charge is 2.19. The second kappa shape index (κ2) is 8.81. The van der Waals surface area contributed by atoms with Gasteiger partial charge in [-0.2, -0.15) is 0 Å². The van der Waals surface area contributed by atoms with Gasteiger partial charge in [0.15, 0.2) is 5.11 Å². The highest BCUT2D eigenvalue weighted by Crippen LogP contribution is 2.26. The molecule has 1 N–H and O–H groups in total. The molecule has 2 aliphatic rings. The van der Waals surface area contributed by atoms with Crippen LogP contribution < -0.4 is 10.2 Å². The van der Waals surface area contributed by atoms with E-state index in [1.807, 2.05) is 0 Å². The molecule has 4 rings (SSSR count). The van der Waals surface area contributed by atoms with Crippen molar-refractivity contribution in [1.29, 1.82) is 0 Å². The van der Waals surface area contributed by atoms with Crippen molar-refractivity contribution >= 4 is 39.7 Å². The molecule has 2 fully saturated rings. The molecule has 156 valence electrons. The number of pyridine rings is 1. The van der Waals surface area contributed by atoms with E-state index in [2.05, 4.69) is 70.1 Å². The molecule has 0 bridgehead atoms. The van der Waals surface area contributed by atoms with Crippen molar-refractivity contribution in [2.75, 3.05) is 76.2 Å². The number of fused-ring (bicyclic) bond motifs is 1. The fourth-order valence-electron chi connectivity index (χ4n) is 4.12. The summed E-state index contributed by atoms with van der Waals surface area (Å²) in [6, 6.07) is 8.62. The summed E-state index contributed by atoms with van der Waals surface area (Å²) in [5, 5.41) is 5.43. The van der Waals surface area contributed by atoms with Crippen molar-refractivity contribution in [3.05, 3.63) is 29.8 Å². The van der Waals surface area contributed by atoms with Gasteiger partial charge in [-0.3, -0.25) is 0 Å². The van der Waals surface area contributed by atoms with Gasteiger partial charge in [-0.1, -0.05) is 6.92 Å². The third kappa shape index (κ3) is 4.63. The highest BCUT2D eigenvalue weighted by molar-refractivity contribution is 7.80. The zero-order chi connectivity index (χ0) is 20.4. The van der Waals surface area contributed by atoms with E-state index in [1.54, 1.807) is 0 Å². The van der Waals surface area contributed by atoms with Gasteiger partial charge in [0.1, 0.15) is 5.82 Å². The number of thiocarbonyl (C=S) groups is 1. The van der Waals surface area contributed by atoms with Crippen LogP contribution in [-0.4, -0.2) is 90.7 Å². The van der Waals surface area contributed by atoms with Gasteiger partial charge in [0.25, 0.3) is 0 Å². The van der Waals surface area contributed by atoms with E-state index in [4.69, 9.17) is 17.2 Å². The molecule has 2 saturated heterocycles. The zero-order valence-corrected chi connectivity index (χ0v) is 18.6. The molecule has 1 aromatic heterocycles. The average Bonchev–Trinajstić information content (AvgIpc) is 2.74. The first-order valence-corrected chi connectivity index (χ1v) is 11.1. The van der Waals surface area contributed by atoms with Gasteiger partial charge in [0, 0.05) is 63.4 Å². The minimum atomic E-state index is 0.813. The number of benzene rings is 1. The molecule has 29 heavy (non-hydrogen) atoms. The van der Waals surface area contributed by atoms with Gasteiger partial charge < -0.3 is 24.9 Å². The number of piperazine rings is 2. The van der Waals surface area contributed by atoms with E-state index < -0.39 is 0 Å². The maximum atomic E-state index is 5.65. The van der Waals surface area contributed by atoms with E-state index in [0.717, 1.165) is 81.0 Å². The van der Waals surface area contributed by atoms with Crippen molar-refractivity contribution in [1.82, 2.24) is 19.7 Å². The van der Waals surface area contributed by atoms with E-state index in [9.17, 15) is 0 Å². The van der Waals surface area contributed by atoms with Crippen LogP contribution in [0.2, 0.25) is 0 Å². The molecule has 0 radical (unpaired) electrons. The summed E-state index contributed by atoms with van der Waals surface area (Å²) in [6.07, 6.45) is 0. The zero-order valence-electron chi connectivity index (χ0n) is 17.8. The van der Waals surface area contributed by atoms with E-state index >= 15 is 0 Å². The van der Waals surface area contributed by atoms with Gasteiger partial charge in [-0.25, -0.2) is 4.98 Å². The lowest BCUT2D eigenvalue weighted by Crippen LogP contribution is -2.48. The number of likely N-dealkylation sites (N-methyl/N-ethyl adjacent to an activating group) is 2. The van der Waals surface area contributed by atoms with Crippen LogP contribution in [-0.2, 0) is 0 Å². The smallest absolute Gasteiger partial charge is 0.173 e. The number of rotatable bonds is 3. The Kier molecular flexibility index (Phi) is 6.18. The highest BCUT2D eigenvalue weighted by atomic mass is 32.1. The van der Waals surface area contributed by atoms with Crippen LogP contribution in [0.5, 0.6) is 0 Å². The number of nitrogens with one attached hydrogen (secondary N) is 1. The second-order valence-electron chi connectivity index (χ2n) is 8.17. The third-order valence-electron chi connectivity index (χ3n) is 6.19. The minimum Gasteiger partial charge on any atom is -0.354 e. The average molecular weight is 413 g/mol. The lowest BCUT2D eigenvalue weighted by atomic mass is 10.1. The standard InChI is InChI=1S/C22H32N6S/c1-4-26-9-13-27(14-10-26)21-15-17(2)19-16-18(5-6-20(19)24-21)23-22(29)28-11-7-25(3)8-12-28/h5-6,15-16H,4,7-14H2,1-3H3,(H,23,29).